The van der Waals surface area contributed by atoms with Gasteiger partial charge in [0.15, 0.2) is 6.29 Å². The molecule has 0 aromatic carbocycles. The lowest BCUT2D eigenvalue weighted by molar-refractivity contribution is -0.250. The number of ether oxygens (including phenoxy) is 4. The molecule has 1 heterocycles. The second kappa shape index (κ2) is 13.8. The fraction of sp³-hybridized carbons (Fsp3) is 1.00. The Hall–Kier alpha value is -0.400. The molecular weight excluding hydrogens is 376 g/mol. The first-order valence-corrected chi connectivity index (χ1v) is 9.63. The van der Waals surface area contributed by atoms with Gasteiger partial charge >= 0.3 is 0 Å². The predicted octanol–water partition coefficient (Wildman–Crippen LogP) is -1.52. The summed E-state index contributed by atoms with van der Waals surface area (Å²) < 4.78 is 20.3. The van der Waals surface area contributed by atoms with E-state index in [1.54, 1.807) is 0 Å². The summed E-state index contributed by atoms with van der Waals surface area (Å²) in [5.74, 6) is 0. The van der Waals surface area contributed by atoms with Crippen molar-refractivity contribution in [2.24, 2.45) is 0 Å². The van der Waals surface area contributed by atoms with Gasteiger partial charge < -0.3 is 49.6 Å². The van der Waals surface area contributed by atoms with Crippen molar-refractivity contribution in [3.8, 4) is 0 Å². The second-order valence-electron chi connectivity index (χ2n) is 7.19. The van der Waals surface area contributed by atoms with Crippen LogP contribution in [0.3, 0.4) is 0 Å². The largest absolute Gasteiger partial charge is 0.393 e. The molecule has 0 aliphatic carbocycles. The van der Waals surface area contributed by atoms with E-state index in [-0.39, 0.29) is 26.1 Å². The fourth-order valence-corrected chi connectivity index (χ4v) is 3.16. The summed E-state index contributed by atoms with van der Waals surface area (Å²) >= 11 is 0. The van der Waals surface area contributed by atoms with Gasteiger partial charge in [-0.25, -0.2) is 0 Å². The van der Waals surface area contributed by atoms with E-state index < -0.39 is 49.0 Å². The van der Waals surface area contributed by atoms with Crippen LogP contribution in [0.5, 0.6) is 0 Å². The summed E-state index contributed by atoms with van der Waals surface area (Å²) in [7, 11) is 2.93. The molecular formula is C18H36O10. The van der Waals surface area contributed by atoms with Crippen molar-refractivity contribution in [1.82, 2.24) is 0 Å². The molecule has 1 rings (SSSR count). The van der Waals surface area contributed by atoms with Crippen LogP contribution in [0.4, 0.5) is 0 Å². The Morgan fingerprint density at radius 2 is 1.75 bits per heavy atom. The first kappa shape index (κ1) is 25.6. The number of rotatable bonds is 14. The third kappa shape index (κ3) is 8.95. The maximum absolute atomic E-state index is 10.2. The molecule has 1 saturated heterocycles. The quantitative estimate of drug-likeness (QED) is 0.146. The molecule has 1 aliphatic rings. The first-order valence-electron chi connectivity index (χ1n) is 9.63. The summed E-state index contributed by atoms with van der Waals surface area (Å²) in [6.45, 7) is 0.718. The average Bonchev–Trinajstić information content (AvgIpc) is 2.67. The van der Waals surface area contributed by atoms with Gasteiger partial charge in [-0.1, -0.05) is 0 Å². The minimum Gasteiger partial charge on any atom is -0.393 e. The van der Waals surface area contributed by atoms with Crippen molar-refractivity contribution in [2.45, 2.75) is 87.5 Å². The van der Waals surface area contributed by atoms with Crippen LogP contribution in [-0.4, -0.2) is 107 Å². The first-order chi connectivity index (χ1) is 13.3. The van der Waals surface area contributed by atoms with Gasteiger partial charge in [0.25, 0.3) is 0 Å². The Balaban J connectivity index is 2.35. The van der Waals surface area contributed by atoms with Crippen LogP contribution in [0.15, 0.2) is 0 Å². The number of aliphatic hydroxyl groups is 6. The van der Waals surface area contributed by atoms with Crippen LogP contribution in [-0.2, 0) is 18.9 Å². The highest BCUT2D eigenvalue weighted by molar-refractivity contribution is 4.87. The third-order valence-electron chi connectivity index (χ3n) is 4.85. The van der Waals surface area contributed by atoms with E-state index >= 15 is 0 Å². The van der Waals surface area contributed by atoms with Crippen molar-refractivity contribution in [3.63, 3.8) is 0 Å². The third-order valence-corrected chi connectivity index (χ3v) is 4.85. The zero-order chi connectivity index (χ0) is 21.1. The van der Waals surface area contributed by atoms with E-state index in [4.69, 9.17) is 18.9 Å². The fourth-order valence-electron chi connectivity index (χ4n) is 3.16. The van der Waals surface area contributed by atoms with Gasteiger partial charge in [-0.15, -0.1) is 0 Å². The highest BCUT2D eigenvalue weighted by atomic mass is 16.7. The van der Waals surface area contributed by atoms with Crippen molar-refractivity contribution in [3.05, 3.63) is 0 Å². The van der Waals surface area contributed by atoms with Gasteiger partial charge in [-0.05, 0) is 19.3 Å². The molecule has 0 spiro atoms. The van der Waals surface area contributed by atoms with Crippen LogP contribution in [0, 0.1) is 0 Å². The summed E-state index contributed by atoms with van der Waals surface area (Å²) in [6.07, 6.45) is -7.52. The molecule has 0 aromatic heterocycles. The summed E-state index contributed by atoms with van der Waals surface area (Å²) in [4.78, 5) is 0. The van der Waals surface area contributed by atoms with Crippen LogP contribution in [0.1, 0.15) is 38.5 Å². The van der Waals surface area contributed by atoms with Crippen molar-refractivity contribution >= 4 is 0 Å². The molecule has 0 saturated carbocycles. The monoisotopic (exact) mass is 412 g/mol. The number of unbranched alkanes of at least 4 members (excludes halogenated alkanes) is 1. The lowest BCUT2D eigenvalue weighted by Gasteiger charge is -2.38. The topological polar surface area (TPSA) is 158 Å². The molecule has 1 aliphatic heterocycles. The van der Waals surface area contributed by atoms with Gasteiger partial charge in [0.2, 0.25) is 0 Å². The lowest BCUT2D eigenvalue weighted by Crippen LogP contribution is -2.51. The molecule has 168 valence electrons. The van der Waals surface area contributed by atoms with Gasteiger partial charge in [-0.3, -0.25) is 0 Å². The van der Waals surface area contributed by atoms with E-state index in [0.717, 1.165) is 6.42 Å². The van der Waals surface area contributed by atoms with Crippen molar-refractivity contribution in [1.29, 1.82) is 0 Å². The average molecular weight is 412 g/mol. The SMILES string of the molecule is COCOCCCC[C@H](O)C[C@H](O)[C@@H](O)[C@H](O)C[C@H]1O[C@H](OC)C[C@@H](O)[C@@H]1O. The number of hydrogen-bond donors (Lipinski definition) is 6. The van der Waals surface area contributed by atoms with Gasteiger partial charge in [0.1, 0.15) is 19.0 Å². The molecule has 28 heavy (non-hydrogen) atoms. The Kier molecular flexibility index (Phi) is 12.6. The van der Waals surface area contributed by atoms with Crippen LogP contribution >= 0.6 is 0 Å². The number of methoxy groups -OCH3 is 2. The van der Waals surface area contributed by atoms with Crippen LogP contribution in [0.2, 0.25) is 0 Å². The maximum Gasteiger partial charge on any atom is 0.160 e. The summed E-state index contributed by atoms with van der Waals surface area (Å²) in [6, 6.07) is 0. The zero-order valence-electron chi connectivity index (χ0n) is 16.6. The summed E-state index contributed by atoms with van der Waals surface area (Å²) in [5, 5.41) is 60.2. The van der Waals surface area contributed by atoms with E-state index in [9.17, 15) is 30.6 Å². The molecule has 1 fully saturated rings. The molecule has 0 unspecified atom stereocenters. The second-order valence-corrected chi connectivity index (χ2v) is 7.19. The predicted molar refractivity (Wildman–Crippen MR) is 97.2 cm³/mol. The lowest BCUT2D eigenvalue weighted by atomic mass is 9.92. The van der Waals surface area contributed by atoms with Gasteiger partial charge in [-0.2, -0.15) is 0 Å². The molecule has 0 aromatic rings. The highest BCUT2D eigenvalue weighted by Gasteiger charge is 2.39. The van der Waals surface area contributed by atoms with E-state index in [1.807, 2.05) is 0 Å². The molecule has 10 heteroatoms. The molecule has 6 N–H and O–H groups in total. The smallest absolute Gasteiger partial charge is 0.160 e. The van der Waals surface area contributed by atoms with Gasteiger partial charge in [0, 0.05) is 40.1 Å². The standard InChI is InChI=1S/C18H36O10/c1-25-10-27-6-4-3-5-11(19)7-12(20)17(23)13(21)8-15-18(24)14(22)9-16(26-2)28-15/h11-24H,3-10H2,1-2H3/t11-,12-,13+,14+,15+,16-,17+,18-/m0/s1. The minimum absolute atomic E-state index is 0.0954. The highest BCUT2D eigenvalue weighted by Crippen LogP contribution is 2.25. The molecule has 0 radical (unpaired) electrons. The number of aliphatic hydroxyl groups excluding tert-OH is 6. The Morgan fingerprint density at radius 3 is 2.39 bits per heavy atom. The zero-order valence-corrected chi connectivity index (χ0v) is 16.6. The summed E-state index contributed by atoms with van der Waals surface area (Å²) in [5.41, 5.74) is 0. The van der Waals surface area contributed by atoms with Crippen molar-refractivity contribution < 1.29 is 49.6 Å². The molecule has 0 bridgehead atoms. The Labute approximate surface area is 165 Å². The van der Waals surface area contributed by atoms with Crippen LogP contribution < -0.4 is 0 Å². The van der Waals surface area contributed by atoms with Gasteiger partial charge in [0.05, 0.1) is 30.5 Å². The van der Waals surface area contributed by atoms with E-state index in [2.05, 4.69) is 0 Å². The Morgan fingerprint density at radius 1 is 1.04 bits per heavy atom. The maximum atomic E-state index is 10.2. The molecule has 10 nitrogen and oxygen atoms in total. The van der Waals surface area contributed by atoms with E-state index in [0.29, 0.717) is 19.4 Å². The molecule has 0 amide bonds. The molecule has 8 atom stereocenters. The minimum atomic E-state index is -1.53. The van der Waals surface area contributed by atoms with Crippen molar-refractivity contribution in [2.75, 3.05) is 27.6 Å². The van der Waals surface area contributed by atoms with E-state index in [1.165, 1.54) is 14.2 Å². The normalized spacial score (nSPS) is 30.0. The Bertz CT molecular complexity index is 399. The number of hydrogen-bond acceptors (Lipinski definition) is 10. The van der Waals surface area contributed by atoms with Crippen LogP contribution in [0.25, 0.3) is 0 Å².